The number of nitrogens with zero attached hydrogens (tertiary/aromatic N) is 2. The van der Waals surface area contributed by atoms with Crippen LogP contribution in [0.4, 0.5) is 13.2 Å². The summed E-state index contributed by atoms with van der Waals surface area (Å²) in [4.78, 5) is 3.88. The van der Waals surface area contributed by atoms with Crippen LogP contribution in [-0.2, 0) is 11.3 Å². The number of hydrogen-bond acceptors (Lipinski definition) is 6. The monoisotopic (exact) mass is 285 g/mol. The van der Waals surface area contributed by atoms with Crippen molar-refractivity contribution in [1.82, 2.24) is 10.1 Å². The first-order valence-corrected chi connectivity index (χ1v) is 6.53. The lowest BCUT2D eigenvalue weighted by molar-refractivity contribution is -0.177. The Morgan fingerprint density at radius 3 is 2.83 bits per heavy atom. The summed E-state index contributed by atoms with van der Waals surface area (Å²) in [6.07, 6.45) is -1.76. The van der Waals surface area contributed by atoms with Gasteiger partial charge in [0.25, 0.3) is 0 Å². The van der Waals surface area contributed by atoms with Gasteiger partial charge in [0.2, 0.25) is 5.89 Å². The molecular formula is C9H14F3N3O2S. The highest BCUT2D eigenvalue weighted by Gasteiger charge is 2.27. The Hall–Kier alpha value is -0.800. The van der Waals surface area contributed by atoms with E-state index in [0.29, 0.717) is 6.42 Å². The summed E-state index contributed by atoms with van der Waals surface area (Å²) in [5, 5.41) is 3.50. The first-order valence-electron chi connectivity index (χ1n) is 5.14. The minimum absolute atomic E-state index is 0.0638. The van der Waals surface area contributed by atoms with Gasteiger partial charge in [0, 0.05) is 0 Å². The molecule has 0 fully saturated rings. The fourth-order valence-electron chi connectivity index (χ4n) is 1.10. The van der Waals surface area contributed by atoms with Crippen molar-refractivity contribution in [2.45, 2.75) is 25.2 Å². The number of nitrogens with two attached hydrogens (primary N) is 1. The molecule has 1 atom stereocenters. The normalized spacial score (nSPS) is 13.8. The Morgan fingerprint density at radius 2 is 2.22 bits per heavy atom. The Bertz CT molecular complexity index is 359. The molecular weight excluding hydrogens is 271 g/mol. The van der Waals surface area contributed by atoms with Crippen molar-refractivity contribution in [3.05, 3.63) is 11.7 Å². The van der Waals surface area contributed by atoms with E-state index in [1.807, 2.05) is 6.26 Å². The molecule has 0 aliphatic rings. The lowest BCUT2D eigenvalue weighted by atomic mass is 10.2. The average Bonchev–Trinajstić information content (AvgIpc) is 2.73. The predicted molar refractivity (Wildman–Crippen MR) is 59.9 cm³/mol. The van der Waals surface area contributed by atoms with Crippen molar-refractivity contribution in [2.24, 2.45) is 5.73 Å². The highest BCUT2D eigenvalue weighted by molar-refractivity contribution is 7.98. The van der Waals surface area contributed by atoms with Crippen molar-refractivity contribution in [2.75, 3.05) is 18.6 Å². The summed E-state index contributed by atoms with van der Waals surface area (Å²) in [5.74, 6) is 1.12. The molecule has 1 aromatic heterocycles. The maximum absolute atomic E-state index is 11.8. The van der Waals surface area contributed by atoms with E-state index in [0.717, 1.165) is 5.75 Å². The zero-order valence-corrected chi connectivity index (χ0v) is 10.6. The van der Waals surface area contributed by atoms with Crippen LogP contribution in [0.15, 0.2) is 4.52 Å². The van der Waals surface area contributed by atoms with E-state index in [1.54, 1.807) is 11.8 Å². The molecule has 5 nitrogen and oxygen atoms in total. The number of thioether (sulfide) groups is 1. The van der Waals surface area contributed by atoms with Gasteiger partial charge in [-0.15, -0.1) is 0 Å². The van der Waals surface area contributed by atoms with Gasteiger partial charge < -0.3 is 15.0 Å². The smallest absolute Gasteiger partial charge is 0.364 e. The first kappa shape index (κ1) is 15.3. The van der Waals surface area contributed by atoms with Crippen LogP contribution in [0.1, 0.15) is 24.2 Å². The van der Waals surface area contributed by atoms with E-state index >= 15 is 0 Å². The standard InChI is InChI=1S/C9H14F3N3O2S/c1-18-3-2-6(13)8-14-7(15-17-8)4-16-5-9(10,11)12/h6H,2-5,13H2,1H3. The van der Waals surface area contributed by atoms with Crippen LogP contribution in [0.5, 0.6) is 0 Å². The zero-order chi connectivity index (χ0) is 13.6. The van der Waals surface area contributed by atoms with Gasteiger partial charge in [0.1, 0.15) is 13.2 Å². The molecule has 104 valence electrons. The molecule has 18 heavy (non-hydrogen) atoms. The predicted octanol–water partition coefficient (Wildman–Crippen LogP) is 1.90. The number of aromatic nitrogens is 2. The molecule has 0 saturated carbocycles. The van der Waals surface area contributed by atoms with Gasteiger partial charge in [-0.05, 0) is 18.4 Å². The molecule has 0 radical (unpaired) electrons. The summed E-state index contributed by atoms with van der Waals surface area (Å²) < 4.78 is 44.7. The second-order valence-electron chi connectivity index (χ2n) is 3.54. The van der Waals surface area contributed by atoms with Crippen molar-refractivity contribution >= 4 is 11.8 Å². The van der Waals surface area contributed by atoms with Crippen LogP contribution in [0.25, 0.3) is 0 Å². The summed E-state index contributed by atoms with van der Waals surface area (Å²) in [6, 6.07) is -0.402. The molecule has 2 N–H and O–H groups in total. The van der Waals surface area contributed by atoms with Crippen molar-refractivity contribution in [1.29, 1.82) is 0 Å². The van der Waals surface area contributed by atoms with E-state index in [-0.39, 0.29) is 18.3 Å². The van der Waals surface area contributed by atoms with Crippen LogP contribution in [0, 0.1) is 0 Å². The quantitative estimate of drug-likeness (QED) is 0.824. The average molecular weight is 285 g/mol. The number of hydrogen-bond donors (Lipinski definition) is 1. The van der Waals surface area contributed by atoms with Crippen molar-refractivity contribution in [3.8, 4) is 0 Å². The number of alkyl halides is 3. The molecule has 0 aromatic carbocycles. The molecule has 0 amide bonds. The second-order valence-corrected chi connectivity index (χ2v) is 4.53. The lowest BCUT2D eigenvalue weighted by Gasteiger charge is -2.05. The fraction of sp³-hybridized carbons (Fsp3) is 0.778. The van der Waals surface area contributed by atoms with Gasteiger partial charge in [0.05, 0.1) is 6.04 Å². The molecule has 0 aliphatic heterocycles. The SMILES string of the molecule is CSCCC(N)c1nc(COCC(F)(F)F)no1. The van der Waals surface area contributed by atoms with Gasteiger partial charge in [-0.3, -0.25) is 0 Å². The Morgan fingerprint density at radius 1 is 1.50 bits per heavy atom. The molecule has 1 rings (SSSR count). The Labute approximate surface area is 106 Å². The maximum atomic E-state index is 11.8. The third-order valence-electron chi connectivity index (χ3n) is 1.93. The van der Waals surface area contributed by atoms with E-state index in [2.05, 4.69) is 14.9 Å². The molecule has 0 bridgehead atoms. The van der Waals surface area contributed by atoms with Gasteiger partial charge in [0.15, 0.2) is 5.82 Å². The van der Waals surface area contributed by atoms with Crippen LogP contribution >= 0.6 is 11.8 Å². The van der Waals surface area contributed by atoms with Crippen LogP contribution < -0.4 is 5.73 Å². The van der Waals surface area contributed by atoms with Crippen LogP contribution in [0.3, 0.4) is 0 Å². The van der Waals surface area contributed by atoms with E-state index < -0.39 is 18.8 Å². The summed E-state index contributed by atoms with van der Waals surface area (Å²) in [7, 11) is 0. The number of rotatable bonds is 7. The summed E-state index contributed by atoms with van der Waals surface area (Å²) in [6.45, 7) is -1.69. The Balaban J connectivity index is 2.38. The van der Waals surface area contributed by atoms with Crippen molar-refractivity contribution in [3.63, 3.8) is 0 Å². The third kappa shape index (κ3) is 5.69. The summed E-state index contributed by atoms with van der Waals surface area (Å²) >= 11 is 1.63. The van der Waals surface area contributed by atoms with Gasteiger partial charge in [-0.1, -0.05) is 5.16 Å². The summed E-state index contributed by atoms with van der Waals surface area (Å²) in [5.41, 5.74) is 5.76. The Kier molecular flexibility index (Phi) is 5.89. The van der Waals surface area contributed by atoms with Crippen LogP contribution in [-0.4, -0.2) is 34.9 Å². The maximum Gasteiger partial charge on any atom is 0.411 e. The number of halogens is 3. The molecule has 0 saturated heterocycles. The second kappa shape index (κ2) is 6.95. The number of ether oxygens (including phenoxy) is 1. The van der Waals surface area contributed by atoms with Crippen molar-refractivity contribution < 1.29 is 22.4 Å². The molecule has 0 spiro atoms. The van der Waals surface area contributed by atoms with E-state index in [9.17, 15) is 13.2 Å². The van der Waals surface area contributed by atoms with E-state index in [1.165, 1.54) is 0 Å². The van der Waals surface area contributed by atoms with Crippen LogP contribution in [0.2, 0.25) is 0 Å². The molecule has 0 aliphatic carbocycles. The largest absolute Gasteiger partial charge is 0.411 e. The molecule has 1 unspecified atom stereocenters. The van der Waals surface area contributed by atoms with Gasteiger partial charge in [-0.2, -0.15) is 29.9 Å². The minimum Gasteiger partial charge on any atom is -0.364 e. The van der Waals surface area contributed by atoms with Gasteiger partial charge >= 0.3 is 6.18 Å². The topological polar surface area (TPSA) is 74.2 Å². The lowest BCUT2D eigenvalue weighted by Crippen LogP contribution is -2.17. The third-order valence-corrected chi connectivity index (χ3v) is 2.57. The molecule has 1 aromatic rings. The highest BCUT2D eigenvalue weighted by Crippen LogP contribution is 2.16. The highest BCUT2D eigenvalue weighted by atomic mass is 32.2. The minimum atomic E-state index is -4.36. The zero-order valence-electron chi connectivity index (χ0n) is 9.74. The fourth-order valence-corrected chi connectivity index (χ4v) is 1.59. The van der Waals surface area contributed by atoms with E-state index in [4.69, 9.17) is 10.3 Å². The van der Waals surface area contributed by atoms with Gasteiger partial charge in [-0.25, -0.2) is 0 Å². The molecule has 1 heterocycles. The molecule has 9 heteroatoms. The first-order chi connectivity index (χ1) is 8.42.